The van der Waals surface area contributed by atoms with E-state index in [4.69, 9.17) is 5.11 Å². The Morgan fingerprint density at radius 3 is 3.00 bits per heavy atom. The van der Waals surface area contributed by atoms with Crippen LogP contribution in [0.25, 0.3) is 0 Å². The standard InChI is InChI=1S/C10H14BrNO2/c1-7-5-9(12-6-8(7)11)10(14)3-2-4-13/h5-6,9,12-13H,2-4H2,1H3. The number of carbonyl (C=O) groups excluding carboxylic acids is 1. The second-order valence-corrected chi connectivity index (χ2v) is 4.13. The molecule has 78 valence electrons. The zero-order valence-corrected chi connectivity index (χ0v) is 9.67. The molecular weight excluding hydrogens is 246 g/mol. The monoisotopic (exact) mass is 259 g/mol. The van der Waals surface area contributed by atoms with E-state index in [1.165, 1.54) is 0 Å². The quantitative estimate of drug-likeness (QED) is 0.805. The number of nitrogens with one attached hydrogen (secondary N) is 1. The summed E-state index contributed by atoms with van der Waals surface area (Å²) in [6.45, 7) is 2.02. The van der Waals surface area contributed by atoms with Crippen LogP contribution in [0.1, 0.15) is 19.8 Å². The van der Waals surface area contributed by atoms with Gasteiger partial charge in [-0.25, -0.2) is 0 Å². The lowest BCUT2D eigenvalue weighted by Gasteiger charge is -2.18. The molecule has 0 radical (unpaired) electrons. The first-order valence-electron chi connectivity index (χ1n) is 4.59. The van der Waals surface area contributed by atoms with Gasteiger partial charge in [0.05, 0.1) is 0 Å². The van der Waals surface area contributed by atoms with Gasteiger partial charge in [0.15, 0.2) is 5.78 Å². The van der Waals surface area contributed by atoms with E-state index >= 15 is 0 Å². The maximum Gasteiger partial charge on any atom is 0.159 e. The fourth-order valence-corrected chi connectivity index (χ4v) is 1.51. The van der Waals surface area contributed by atoms with E-state index in [9.17, 15) is 4.79 Å². The molecule has 3 nitrogen and oxygen atoms in total. The highest BCUT2D eigenvalue weighted by molar-refractivity contribution is 9.12. The number of halogens is 1. The third kappa shape index (κ3) is 2.96. The van der Waals surface area contributed by atoms with Crippen molar-refractivity contribution in [2.24, 2.45) is 0 Å². The molecule has 0 aliphatic carbocycles. The molecule has 0 aromatic heterocycles. The van der Waals surface area contributed by atoms with Gasteiger partial charge in [0.25, 0.3) is 0 Å². The molecule has 1 aliphatic heterocycles. The molecule has 1 atom stereocenters. The third-order valence-corrected chi connectivity index (χ3v) is 2.97. The van der Waals surface area contributed by atoms with Gasteiger partial charge in [-0.1, -0.05) is 6.08 Å². The number of aliphatic hydroxyl groups excluding tert-OH is 1. The summed E-state index contributed by atoms with van der Waals surface area (Å²) in [5, 5.41) is 11.6. The summed E-state index contributed by atoms with van der Waals surface area (Å²) in [6.07, 6.45) is 4.64. The Balaban J connectivity index is 2.52. The number of hydrogen-bond acceptors (Lipinski definition) is 3. The van der Waals surface area contributed by atoms with E-state index in [1.807, 2.05) is 13.0 Å². The lowest BCUT2D eigenvalue weighted by Crippen LogP contribution is -2.33. The predicted molar refractivity (Wildman–Crippen MR) is 59.0 cm³/mol. The van der Waals surface area contributed by atoms with Gasteiger partial charge in [0, 0.05) is 23.7 Å². The van der Waals surface area contributed by atoms with Crippen molar-refractivity contribution in [3.05, 3.63) is 22.3 Å². The molecule has 0 saturated heterocycles. The SMILES string of the molecule is CC1=CC(C(=O)CCCO)NC=C1Br. The van der Waals surface area contributed by atoms with E-state index < -0.39 is 0 Å². The number of Topliss-reactive ketones (excluding diaryl/α,β-unsaturated/α-hetero) is 1. The minimum Gasteiger partial charge on any atom is -0.396 e. The number of rotatable bonds is 4. The van der Waals surface area contributed by atoms with Gasteiger partial charge in [0.2, 0.25) is 0 Å². The highest BCUT2D eigenvalue weighted by Gasteiger charge is 2.17. The lowest BCUT2D eigenvalue weighted by atomic mass is 10.0. The van der Waals surface area contributed by atoms with Crippen LogP contribution in [0.2, 0.25) is 0 Å². The first-order chi connectivity index (χ1) is 6.65. The molecule has 0 fully saturated rings. The Hall–Kier alpha value is -0.610. The number of ketones is 1. The summed E-state index contributed by atoms with van der Waals surface area (Å²) < 4.78 is 0.976. The molecule has 0 aromatic rings. The van der Waals surface area contributed by atoms with Gasteiger partial charge in [-0.3, -0.25) is 4.79 Å². The smallest absolute Gasteiger partial charge is 0.159 e. The second kappa shape index (κ2) is 5.32. The topological polar surface area (TPSA) is 49.3 Å². The van der Waals surface area contributed by atoms with Crippen molar-refractivity contribution < 1.29 is 9.90 Å². The average molecular weight is 260 g/mol. The van der Waals surface area contributed by atoms with Gasteiger partial charge in [-0.2, -0.15) is 0 Å². The highest BCUT2D eigenvalue weighted by Crippen LogP contribution is 2.20. The van der Waals surface area contributed by atoms with Gasteiger partial charge in [0.1, 0.15) is 6.04 Å². The van der Waals surface area contributed by atoms with Crippen LogP contribution < -0.4 is 5.32 Å². The molecule has 0 aromatic carbocycles. The zero-order valence-electron chi connectivity index (χ0n) is 8.09. The van der Waals surface area contributed by atoms with E-state index in [0.29, 0.717) is 12.8 Å². The molecule has 0 amide bonds. The summed E-state index contributed by atoms with van der Waals surface area (Å²) in [5.41, 5.74) is 1.06. The summed E-state index contributed by atoms with van der Waals surface area (Å²) in [7, 11) is 0. The summed E-state index contributed by atoms with van der Waals surface area (Å²) in [4.78, 5) is 11.5. The Morgan fingerprint density at radius 2 is 2.43 bits per heavy atom. The maximum absolute atomic E-state index is 11.5. The van der Waals surface area contributed by atoms with Crippen molar-refractivity contribution in [3.8, 4) is 0 Å². The van der Waals surface area contributed by atoms with Crippen LogP contribution in [-0.2, 0) is 4.79 Å². The Morgan fingerprint density at radius 1 is 1.71 bits per heavy atom. The summed E-state index contributed by atoms with van der Waals surface area (Å²) in [6, 6.07) is -0.233. The van der Waals surface area contributed by atoms with Gasteiger partial charge in [-0.05, 0) is 34.8 Å². The Bertz CT molecular complexity index is 284. The maximum atomic E-state index is 11.5. The van der Waals surface area contributed by atoms with Crippen LogP contribution in [0.4, 0.5) is 0 Å². The second-order valence-electron chi connectivity index (χ2n) is 3.28. The van der Waals surface area contributed by atoms with Crippen molar-refractivity contribution in [2.45, 2.75) is 25.8 Å². The van der Waals surface area contributed by atoms with Crippen LogP contribution in [0.3, 0.4) is 0 Å². The highest BCUT2D eigenvalue weighted by atomic mass is 79.9. The van der Waals surface area contributed by atoms with Crippen LogP contribution in [0.15, 0.2) is 22.3 Å². The first-order valence-corrected chi connectivity index (χ1v) is 5.38. The van der Waals surface area contributed by atoms with Crippen molar-refractivity contribution in [1.82, 2.24) is 5.32 Å². The number of dihydropyridines is 1. The fourth-order valence-electron chi connectivity index (χ4n) is 1.25. The molecule has 0 bridgehead atoms. The molecule has 4 heteroatoms. The average Bonchev–Trinajstić information content (AvgIpc) is 2.18. The zero-order chi connectivity index (χ0) is 10.6. The number of hydrogen-bond donors (Lipinski definition) is 2. The molecule has 1 aliphatic rings. The molecule has 0 saturated carbocycles. The molecule has 1 unspecified atom stereocenters. The Labute approximate surface area is 92.0 Å². The van der Waals surface area contributed by atoms with Crippen LogP contribution >= 0.6 is 15.9 Å². The Kier molecular flexibility index (Phi) is 4.35. The van der Waals surface area contributed by atoms with Crippen molar-refractivity contribution >= 4 is 21.7 Å². The van der Waals surface area contributed by atoms with E-state index in [2.05, 4.69) is 21.2 Å². The number of carbonyl (C=O) groups is 1. The van der Waals surface area contributed by atoms with Crippen molar-refractivity contribution in [1.29, 1.82) is 0 Å². The first kappa shape index (κ1) is 11.5. The van der Waals surface area contributed by atoms with Crippen LogP contribution in [-0.4, -0.2) is 23.5 Å². The lowest BCUT2D eigenvalue weighted by molar-refractivity contribution is -0.120. The van der Waals surface area contributed by atoms with E-state index in [-0.39, 0.29) is 18.4 Å². The van der Waals surface area contributed by atoms with Crippen LogP contribution in [0.5, 0.6) is 0 Å². The summed E-state index contributed by atoms with van der Waals surface area (Å²) in [5.74, 6) is 0.120. The van der Waals surface area contributed by atoms with Gasteiger partial charge < -0.3 is 10.4 Å². The molecule has 14 heavy (non-hydrogen) atoms. The molecule has 1 rings (SSSR count). The summed E-state index contributed by atoms with van der Waals surface area (Å²) >= 11 is 3.36. The number of allylic oxidation sites excluding steroid dienone is 2. The van der Waals surface area contributed by atoms with Gasteiger partial charge in [-0.15, -0.1) is 0 Å². The molecule has 1 heterocycles. The molecule has 0 spiro atoms. The van der Waals surface area contributed by atoms with E-state index in [0.717, 1.165) is 10.1 Å². The number of aliphatic hydroxyl groups is 1. The molecule has 2 N–H and O–H groups in total. The van der Waals surface area contributed by atoms with Gasteiger partial charge >= 0.3 is 0 Å². The van der Waals surface area contributed by atoms with E-state index in [1.54, 1.807) is 6.20 Å². The fraction of sp³-hybridized carbons (Fsp3) is 0.500. The third-order valence-electron chi connectivity index (χ3n) is 2.11. The minimum absolute atomic E-state index is 0.0701. The minimum atomic E-state index is -0.233. The molecular formula is C10H14BrNO2. The predicted octanol–water partition coefficient (Wildman–Crippen LogP) is 1.48. The van der Waals surface area contributed by atoms with Crippen LogP contribution in [0, 0.1) is 0 Å². The van der Waals surface area contributed by atoms with Crippen molar-refractivity contribution in [3.63, 3.8) is 0 Å². The van der Waals surface area contributed by atoms with Crippen molar-refractivity contribution in [2.75, 3.05) is 6.61 Å². The normalized spacial score (nSPS) is 20.9. The largest absolute Gasteiger partial charge is 0.396 e.